The van der Waals surface area contributed by atoms with Crippen LogP contribution in [0.15, 0.2) is 34.9 Å². The highest BCUT2D eigenvalue weighted by Crippen LogP contribution is 2.33. The van der Waals surface area contributed by atoms with E-state index in [1.54, 1.807) is 17.6 Å². The van der Waals surface area contributed by atoms with E-state index in [9.17, 15) is 14.4 Å². The van der Waals surface area contributed by atoms with Crippen molar-refractivity contribution < 1.29 is 18.8 Å². The summed E-state index contributed by atoms with van der Waals surface area (Å²) in [4.78, 5) is 42.3. The van der Waals surface area contributed by atoms with Crippen LogP contribution in [0.2, 0.25) is 0 Å². The van der Waals surface area contributed by atoms with E-state index < -0.39 is 11.6 Å². The lowest BCUT2D eigenvalue weighted by Gasteiger charge is -2.30. The number of carbonyl (C=O) groups is 3. The molecular formula is C22H28N4O4S. The Kier molecular flexibility index (Phi) is 6.43. The molecule has 1 saturated heterocycles. The fourth-order valence-corrected chi connectivity index (χ4v) is 5.22. The van der Waals surface area contributed by atoms with Crippen molar-refractivity contribution in [1.29, 1.82) is 0 Å². The van der Waals surface area contributed by atoms with Crippen LogP contribution in [-0.4, -0.2) is 39.8 Å². The molecule has 4 amide bonds. The van der Waals surface area contributed by atoms with Crippen molar-refractivity contribution in [1.82, 2.24) is 20.7 Å². The number of imide groups is 1. The van der Waals surface area contributed by atoms with Gasteiger partial charge in [-0.3, -0.25) is 19.9 Å². The number of thiophene rings is 1. The number of amides is 4. The number of urea groups is 1. The third kappa shape index (κ3) is 4.99. The van der Waals surface area contributed by atoms with Crippen LogP contribution < -0.4 is 10.7 Å². The summed E-state index contributed by atoms with van der Waals surface area (Å²) in [6, 6.07) is 7.38. The first-order valence-electron chi connectivity index (χ1n) is 10.7. The van der Waals surface area contributed by atoms with Gasteiger partial charge < -0.3 is 9.73 Å². The molecule has 1 saturated carbocycles. The molecule has 9 heteroatoms. The van der Waals surface area contributed by atoms with Crippen molar-refractivity contribution in [3.63, 3.8) is 0 Å². The van der Waals surface area contributed by atoms with E-state index in [0.29, 0.717) is 32.5 Å². The molecular weight excluding hydrogens is 416 g/mol. The molecule has 0 unspecified atom stereocenters. The standard InChI is InChI=1S/C22H28N4O4S/c1-16-7-8-18(31-16)15-25(14-17-6-5-13-30-17)12-9-19(27)24-26-20(28)22(23-21(26)29)10-3-2-4-11-22/h5-8,13H,2-4,9-12,14-15H2,1H3,(H,23,29)(H,24,27). The molecule has 0 radical (unpaired) electrons. The molecule has 3 heterocycles. The molecule has 4 rings (SSSR count). The number of hydrogen-bond donors (Lipinski definition) is 2. The zero-order chi connectivity index (χ0) is 21.8. The van der Waals surface area contributed by atoms with Gasteiger partial charge in [-0.1, -0.05) is 19.3 Å². The van der Waals surface area contributed by atoms with Gasteiger partial charge in [0.1, 0.15) is 11.3 Å². The molecule has 31 heavy (non-hydrogen) atoms. The SMILES string of the molecule is Cc1ccc(CN(CCC(=O)NN2C(=O)NC3(CCCCC3)C2=O)Cc2ccco2)s1. The van der Waals surface area contributed by atoms with Crippen LogP contribution in [0.3, 0.4) is 0 Å². The Balaban J connectivity index is 1.34. The maximum Gasteiger partial charge on any atom is 0.344 e. The lowest BCUT2D eigenvalue weighted by molar-refractivity contribution is -0.140. The summed E-state index contributed by atoms with van der Waals surface area (Å²) < 4.78 is 5.47. The van der Waals surface area contributed by atoms with Crippen LogP contribution in [0, 0.1) is 6.92 Å². The third-order valence-electron chi connectivity index (χ3n) is 5.90. The van der Waals surface area contributed by atoms with E-state index in [4.69, 9.17) is 4.42 Å². The zero-order valence-electron chi connectivity index (χ0n) is 17.7. The highest BCUT2D eigenvalue weighted by molar-refractivity contribution is 7.11. The summed E-state index contributed by atoms with van der Waals surface area (Å²) in [7, 11) is 0. The minimum absolute atomic E-state index is 0.162. The van der Waals surface area contributed by atoms with Crippen molar-refractivity contribution in [2.45, 2.75) is 64.1 Å². The first kappa shape index (κ1) is 21.6. The summed E-state index contributed by atoms with van der Waals surface area (Å²) in [6.45, 7) is 3.80. The first-order chi connectivity index (χ1) is 14.9. The molecule has 8 nitrogen and oxygen atoms in total. The highest BCUT2D eigenvalue weighted by Gasteiger charge is 2.52. The Morgan fingerprint density at radius 3 is 2.71 bits per heavy atom. The van der Waals surface area contributed by atoms with Crippen molar-refractivity contribution in [2.24, 2.45) is 0 Å². The number of rotatable bonds is 8. The van der Waals surface area contributed by atoms with Gasteiger partial charge in [-0.15, -0.1) is 11.3 Å². The van der Waals surface area contributed by atoms with Gasteiger partial charge in [0.25, 0.3) is 5.91 Å². The smallest absolute Gasteiger partial charge is 0.344 e. The lowest BCUT2D eigenvalue weighted by Crippen LogP contribution is -2.51. The molecule has 0 bridgehead atoms. The van der Waals surface area contributed by atoms with Gasteiger partial charge in [0, 0.05) is 29.3 Å². The summed E-state index contributed by atoms with van der Waals surface area (Å²) in [5.74, 6) is 0.122. The van der Waals surface area contributed by atoms with Crippen molar-refractivity contribution in [2.75, 3.05) is 6.54 Å². The summed E-state index contributed by atoms with van der Waals surface area (Å²) in [6.07, 6.45) is 5.91. The van der Waals surface area contributed by atoms with Crippen molar-refractivity contribution >= 4 is 29.2 Å². The number of aryl methyl sites for hydroxylation is 1. The number of hydrogen-bond acceptors (Lipinski definition) is 6. The van der Waals surface area contributed by atoms with E-state index in [2.05, 4.69) is 34.7 Å². The number of hydrazine groups is 1. The van der Waals surface area contributed by atoms with Crippen LogP contribution >= 0.6 is 11.3 Å². The number of carbonyl (C=O) groups excluding carboxylic acids is 3. The molecule has 2 N–H and O–H groups in total. The highest BCUT2D eigenvalue weighted by atomic mass is 32.1. The maximum absolute atomic E-state index is 12.8. The van der Waals surface area contributed by atoms with Gasteiger partial charge in [-0.2, -0.15) is 5.01 Å². The largest absolute Gasteiger partial charge is 0.468 e. The number of furan rings is 1. The molecule has 0 aromatic carbocycles. The Hall–Kier alpha value is -2.65. The first-order valence-corrected chi connectivity index (χ1v) is 11.5. The summed E-state index contributed by atoms with van der Waals surface area (Å²) in [5, 5.41) is 3.67. The average molecular weight is 445 g/mol. The van der Waals surface area contributed by atoms with Crippen LogP contribution in [0.4, 0.5) is 4.79 Å². The van der Waals surface area contributed by atoms with Gasteiger partial charge in [0.2, 0.25) is 5.91 Å². The Morgan fingerprint density at radius 1 is 1.23 bits per heavy atom. The van der Waals surface area contributed by atoms with E-state index in [0.717, 1.165) is 30.0 Å². The van der Waals surface area contributed by atoms with E-state index >= 15 is 0 Å². The molecule has 1 aliphatic heterocycles. The second-order valence-corrected chi connectivity index (χ2v) is 9.67. The fourth-order valence-electron chi connectivity index (χ4n) is 4.28. The van der Waals surface area contributed by atoms with Crippen LogP contribution in [0.1, 0.15) is 54.0 Å². The number of nitrogens with one attached hydrogen (secondary N) is 2. The molecule has 2 fully saturated rings. The number of nitrogens with zero attached hydrogens (tertiary/aromatic N) is 2. The summed E-state index contributed by atoms with van der Waals surface area (Å²) in [5.41, 5.74) is 1.68. The molecule has 166 valence electrons. The van der Waals surface area contributed by atoms with Gasteiger partial charge >= 0.3 is 6.03 Å². The van der Waals surface area contributed by atoms with Crippen LogP contribution in [0.5, 0.6) is 0 Å². The molecule has 1 aliphatic carbocycles. The molecule has 0 atom stereocenters. The molecule has 1 spiro atoms. The second kappa shape index (κ2) is 9.23. The molecule has 2 aliphatic rings. The lowest BCUT2D eigenvalue weighted by atomic mass is 9.82. The summed E-state index contributed by atoms with van der Waals surface area (Å²) >= 11 is 1.72. The predicted octanol–water partition coefficient (Wildman–Crippen LogP) is 3.33. The Labute approximate surface area is 185 Å². The van der Waals surface area contributed by atoms with Gasteiger partial charge in [-0.25, -0.2) is 4.79 Å². The van der Waals surface area contributed by atoms with E-state index in [1.165, 1.54) is 9.75 Å². The van der Waals surface area contributed by atoms with Crippen molar-refractivity contribution in [3.05, 3.63) is 46.0 Å². The quantitative estimate of drug-likeness (QED) is 0.609. The molecule has 2 aromatic heterocycles. The van der Waals surface area contributed by atoms with E-state index in [-0.39, 0.29) is 18.2 Å². The predicted molar refractivity (Wildman–Crippen MR) is 116 cm³/mol. The minimum atomic E-state index is -0.842. The van der Waals surface area contributed by atoms with Gasteiger partial charge in [0.05, 0.1) is 12.8 Å². The Bertz CT molecular complexity index is 933. The second-order valence-electron chi connectivity index (χ2n) is 8.30. The normalized spacial score (nSPS) is 18.1. The third-order valence-corrected chi connectivity index (χ3v) is 6.88. The Morgan fingerprint density at radius 2 is 2.03 bits per heavy atom. The van der Waals surface area contributed by atoms with Crippen LogP contribution in [-0.2, 0) is 22.7 Å². The minimum Gasteiger partial charge on any atom is -0.468 e. The van der Waals surface area contributed by atoms with Gasteiger partial charge in [0.15, 0.2) is 0 Å². The van der Waals surface area contributed by atoms with Crippen LogP contribution in [0.25, 0.3) is 0 Å². The van der Waals surface area contributed by atoms with Crippen molar-refractivity contribution in [3.8, 4) is 0 Å². The fraction of sp³-hybridized carbons (Fsp3) is 0.500. The topological polar surface area (TPSA) is 94.9 Å². The molecule has 2 aromatic rings. The van der Waals surface area contributed by atoms with E-state index in [1.807, 2.05) is 12.1 Å². The average Bonchev–Trinajstić information content (AvgIpc) is 3.46. The monoisotopic (exact) mass is 444 g/mol. The van der Waals surface area contributed by atoms with Gasteiger partial charge in [-0.05, 0) is 44.0 Å². The maximum atomic E-state index is 12.8. The zero-order valence-corrected chi connectivity index (χ0v) is 18.5.